The van der Waals surface area contributed by atoms with Crippen LogP contribution in [0.5, 0.6) is 0 Å². The zero-order valence-electron chi connectivity index (χ0n) is 14.8. The lowest BCUT2D eigenvalue weighted by Crippen LogP contribution is -2.39. The molecule has 1 aromatic carbocycles. The summed E-state index contributed by atoms with van der Waals surface area (Å²) in [6, 6.07) is 11.4. The molecule has 1 aromatic heterocycles. The quantitative estimate of drug-likeness (QED) is 0.382. The second-order valence-electron chi connectivity index (χ2n) is 6.10. The van der Waals surface area contributed by atoms with Crippen LogP contribution in [0.25, 0.3) is 0 Å². The molecule has 6 heteroatoms. The maximum Gasteiger partial charge on any atom is 0.191 e. The summed E-state index contributed by atoms with van der Waals surface area (Å²) in [6.45, 7) is 5.46. The molecule has 5 nitrogen and oxygen atoms in total. The lowest BCUT2D eigenvalue weighted by molar-refractivity contribution is 0.0437. The summed E-state index contributed by atoms with van der Waals surface area (Å²) in [5, 5.41) is 17.7. The van der Waals surface area contributed by atoms with Crippen LogP contribution in [0.15, 0.2) is 52.1 Å². The summed E-state index contributed by atoms with van der Waals surface area (Å²) < 4.78 is 5.28. The average Bonchev–Trinajstić information content (AvgIpc) is 3.13. The predicted molar refractivity (Wildman–Crippen MR) is 102 cm³/mol. The molecule has 1 heterocycles. The molecule has 0 aliphatic carbocycles. The van der Waals surface area contributed by atoms with E-state index in [1.165, 1.54) is 5.56 Å². The molecule has 0 fully saturated rings. The molecule has 25 heavy (non-hydrogen) atoms. The van der Waals surface area contributed by atoms with Crippen molar-refractivity contribution in [3.05, 3.63) is 59.0 Å². The molecule has 2 rings (SSSR count). The standard InChI is InChI=1S/C19H26ClN3O2/c1-3-21-18(23-14-19(2,24)17-7-5-13-25-17)22-12-4-6-15-8-10-16(20)11-9-15/h5,7-11,13,24H,3-4,6,12,14H2,1-2H3,(H2,21,22,23). The van der Waals surface area contributed by atoms with Gasteiger partial charge in [0.05, 0.1) is 12.8 Å². The van der Waals surface area contributed by atoms with Crippen molar-refractivity contribution in [1.82, 2.24) is 10.6 Å². The van der Waals surface area contributed by atoms with Gasteiger partial charge in [-0.05, 0) is 56.5 Å². The Morgan fingerprint density at radius 3 is 2.64 bits per heavy atom. The molecular formula is C19H26ClN3O2. The van der Waals surface area contributed by atoms with Gasteiger partial charge in [0.2, 0.25) is 0 Å². The Hall–Kier alpha value is -1.98. The van der Waals surface area contributed by atoms with Gasteiger partial charge in [0.1, 0.15) is 11.4 Å². The van der Waals surface area contributed by atoms with Gasteiger partial charge in [-0.3, -0.25) is 0 Å². The number of aliphatic imine (C=N–C) groups is 1. The van der Waals surface area contributed by atoms with Gasteiger partial charge >= 0.3 is 0 Å². The number of nitrogens with one attached hydrogen (secondary N) is 2. The molecule has 0 saturated carbocycles. The number of hydrogen-bond acceptors (Lipinski definition) is 3. The molecule has 0 spiro atoms. The number of rotatable bonds is 8. The molecular weight excluding hydrogens is 338 g/mol. The topological polar surface area (TPSA) is 69.8 Å². The van der Waals surface area contributed by atoms with Crippen molar-refractivity contribution in [2.24, 2.45) is 4.99 Å². The van der Waals surface area contributed by atoms with Gasteiger partial charge in [-0.2, -0.15) is 0 Å². The van der Waals surface area contributed by atoms with Crippen LogP contribution in [-0.2, 0) is 12.0 Å². The highest BCUT2D eigenvalue weighted by molar-refractivity contribution is 6.30. The smallest absolute Gasteiger partial charge is 0.191 e. The van der Waals surface area contributed by atoms with E-state index in [-0.39, 0.29) is 6.54 Å². The van der Waals surface area contributed by atoms with Gasteiger partial charge in [0.15, 0.2) is 5.96 Å². The number of nitrogens with zero attached hydrogens (tertiary/aromatic N) is 1. The summed E-state index contributed by atoms with van der Waals surface area (Å²) in [6.07, 6.45) is 3.49. The number of aliphatic hydroxyl groups is 1. The van der Waals surface area contributed by atoms with Crippen molar-refractivity contribution in [2.45, 2.75) is 32.3 Å². The fourth-order valence-electron chi connectivity index (χ4n) is 2.39. The van der Waals surface area contributed by atoms with E-state index in [9.17, 15) is 5.11 Å². The summed E-state index contributed by atoms with van der Waals surface area (Å²) in [7, 11) is 0. The van der Waals surface area contributed by atoms with Crippen LogP contribution in [0.4, 0.5) is 0 Å². The number of aryl methyl sites for hydroxylation is 1. The molecule has 0 amide bonds. The summed E-state index contributed by atoms with van der Waals surface area (Å²) in [5.74, 6) is 1.19. The molecule has 0 aliphatic heterocycles. The monoisotopic (exact) mass is 363 g/mol. The Morgan fingerprint density at radius 1 is 1.24 bits per heavy atom. The van der Waals surface area contributed by atoms with Crippen molar-refractivity contribution in [3.8, 4) is 0 Å². The lowest BCUT2D eigenvalue weighted by Gasteiger charge is -2.19. The molecule has 0 saturated heterocycles. The fourth-order valence-corrected chi connectivity index (χ4v) is 2.51. The molecule has 1 unspecified atom stereocenters. The maximum atomic E-state index is 10.5. The zero-order chi connectivity index (χ0) is 18.1. The molecule has 1 atom stereocenters. The first-order chi connectivity index (χ1) is 12.0. The predicted octanol–water partition coefficient (Wildman–Crippen LogP) is 3.33. The van der Waals surface area contributed by atoms with Crippen LogP contribution < -0.4 is 10.6 Å². The second kappa shape index (κ2) is 9.49. The molecule has 2 aromatic rings. The minimum Gasteiger partial charge on any atom is -0.466 e. The minimum atomic E-state index is -1.13. The maximum absolute atomic E-state index is 10.5. The number of hydrogen-bond donors (Lipinski definition) is 3. The van der Waals surface area contributed by atoms with Crippen molar-refractivity contribution >= 4 is 17.6 Å². The number of furan rings is 1. The van der Waals surface area contributed by atoms with Gasteiger partial charge in [-0.25, -0.2) is 4.99 Å². The minimum absolute atomic E-state index is 0.215. The highest BCUT2D eigenvalue weighted by atomic mass is 35.5. The lowest BCUT2D eigenvalue weighted by atomic mass is 10.0. The van der Waals surface area contributed by atoms with Gasteiger partial charge in [-0.15, -0.1) is 0 Å². The van der Waals surface area contributed by atoms with Gasteiger partial charge in [-0.1, -0.05) is 23.7 Å². The third-order valence-corrected chi connectivity index (χ3v) is 4.04. The van der Waals surface area contributed by atoms with Crippen molar-refractivity contribution in [1.29, 1.82) is 0 Å². The van der Waals surface area contributed by atoms with Crippen LogP contribution in [0.2, 0.25) is 5.02 Å². The first kappa shape index (κ1) is 19.3. The third-order valence-electron chi connectivity index (χ3n) is 3.79. The molecule has 0 bridgehead atoms. The first-order valence-corrected chi connectivity index (χ1v) is 8.92. The zero-order valence-corrected chi connectivity index (χ0v) is 15.5. The number of guanidine groups is 1. The Bertz CT molecular complexity index is 652. The largest absolute Gasteiger partial charge is 0.466 e. The Labute approximate surface area is 154 Å². The molecule has 0 aliphatic rings. The second-order valence-corrected chi connectivity index (χ2v) is 6.54. The first-order valence-electron chi connectivity index (χ1n) is 8.54. The van der Waals surface area contributed by atoms with E-state index in [0.29, 0.717) is 11.7 Å². The van der Waals surface area contributed by atoms with Gasteiger partial charge in [0, 0.05) is 18.1 Å². The van der Waals surface area contributed by atoms with Crippen LogP contribution in [0.3, 0.4) is 0 Å². The van der Waals surface area contributed by atoms with Gasteiger partial charge in [0.25, 0.3) is 0 Å². The van der Waals surface area contributed by atoms with Crippen LogP contribution in [-0.4, -0.2) is 30.7 Å². The Kier molecular flexibility index (Phi) is 7.34. The van der Waals surface area contributed by atoms with Crippen molar-refractivity contribution < 1.29 is 9.52 Å². The average molecular weight is 364 g/mol. The van der Waals surface area contributed by atoms with E-state index in [1.807, 2.05) is 31.2 Å². The normalized spacial score (nSPS) is 14.2. The highest BCUT2D eigenvalue weighted by Crippen LogP contribution is 2.21. The number of benzene rings is 1. The van der Waals surface area contributed by atoms with Crippen molar-refractivity contribution in [2.75, 3.05) is 19.6 Å². The van der Waals surface area contributed by atoms with Gasteiger partial charge < -0.3 is 20.2 Å². The fraction of sp³-hybridized carbons (Fsp3) is 0.421. The SMILES string of the molecule is CCNC(=NCC(C)(O)c1ccco1)NCCCc1ccc(Cl)cc1. The third kappa shape index (κ3) is 6.44. The Morgan fingerprint density at radius 2 is 2.00 bits per heavy atom. The van der Waals surface area contributed by atoms with Crippen LogP contribution >= 0.6 is 11.6 Å². The van der Waals surface area contributed by atoms with E-state index in [4.69, 9.17) is 16.0 Å². The van der Waals surface area contributed by atoms with Crippen LogP contribution in [0, 0.1) is 0 Å². The molecule has 3 N–H and O–H groups in total. The summed E-state index contributed by atoms with van der Waals surface area (Å²) in [5.41, 5.74) is 0.128. The summed E-state index contributed by atoms with van der Waals surface area (Å²) in [4.78, 5) is 4.46. The van der Waals surface area contributed by atoms with Crippen molar-refractivity contribution in [3.63, 3.8) is 0 Å². The Balaban J connectivity index is 1.82. The van der Waals surface area contributed by atoms with E-state index < -0.39 is 5.60 Å². The number of halogens is 1. The van der Waals surface area contributed by atoms with E-state index in [2.05, 4.69) is 15.6 Å². The van der Waals surface area contributed by atoms with E-state index in [0.717, 1.165) is 31.0 Å². The molecule has 0 radical (unpaired) electrons. The van der Waals surface area contributed by atoms with E-state index in [1.54, 1.807) is 25.3 Å². The van der Waals surface area contributed by atoms with Crippen LogP contribution in [0.1, 0.15) is 31.6 Å². The summed E-state index contributed by atoms with van der Waals surface area (Å²) >= 11 is 5.89. The van der Waals surface area contributed by atoms with E-state index >= 15 is 0 Å². The molecule has 136 valence electrons. The highest BCUT2D eigenvalue weighted by Gasteiger charge is 2.25.